The quantitative estimate of drug-likeness (QED) is 0.450. The molecule has 0 aromatic carbocycles. The topological polar surface area (TPSA) is 133 Å². The number of hydrogen-bond acceptors (Lipinski definition) is 5. The van der Waals surface area contributed by atoms with Crippen LogP contribution in [0.15, 0.2) is 0 Å². The first kappa shape index (κ1) is 18.8. The van der Waals surface area contributed by atoms with Gasteiger partial charge in [0.15, 0.2) is 6.04 Å². The lowest BCUT2D eigenvalue weighted by Gasteiger charge is -2.23. The molecule has 3 unspecified atom stereocenters. The Hall–Kier alpha value is -1.19. The number of carboxylic acid groups (broad SMARTS) is 1. The summed E-state index contributed by atoms with van der Waals surface area (Å²) in [5.74, 6) is -2.15. The minimum absolute atomic E-state index is 0.0230. The van der Waals surface area contributed by atoms with Gasteiger partial charge in [-0.1, -0.05) is 13.8 Å². The molecule has 0 aliphatic carbocycles. The van der Waals surface area contributed by atoms with Gasteiger partial charge in [-0.15, -0.1) is 0 Å². The van der Waals surface area contributed by atoms with Crippen molar-refractivity contribution >= 4 is 21.9 Å². The van der Waals surface area contributed by atoms with Crippen molar-refractivity contribution < 1.29 is 28.2 Å². The Morgan fingerprint density at radius 1 is 1.20 bits per heavy atom. The standard InChI is InChI=1S/C11H22N2O6S/c1-6(2)5-8(13-20(4,18)19)10(15)12-9(7(3)14)11(16)17/h6-9,13-14H,5H2,1-4H3,(H,12,15)(H,16,17). The van der Waals surface area contributed by atoms with Gasteiger partial charge in [0.25, 0.3) is 0 Å². The minimum Gasteiger partial charge on any atom is -0.480 e. The molecule has 0 aromatic rings. The van der Waals surface area contributed by atoms with Crippen LogP contribution >= 0.6 is 0 Å². The monoisotopic (exact) mass is 310 g/mol. The summed E-state index contributed by atoms with van der Waals surface area (Å²) < 4.78 is 24.6. The second kappa shape index (κ2) is 7.55. The van der Waals surface area contributed by atoms with E-state index in [4.69, 9.17) is 5.11 Å². The highest BCUT2D eigenvalue weighted by Crippen LogP contribution is 2.07. The molecule has 0 heterocycles. The van der Waals surface area contributed by atoms with Crippen LogP contribution in [0.3, 0.4) is 0 Å². The summed E-state index contributed by atoms with van der Waals surface area (Å²) in [5, 5.41) is 20.3. The van der Waals surface area contributed by atoms with Crippen LogP contribution in [0, 0.1) is 5.92 Å². The van der Waals surface area contributed by atoms with Gasteiger partial charge in [-0.2, -0.15) is 0 Å². The maximum absolute atomic E-state index is 12.0. The van der Waals surface area contributed by atoms with E-state index in [1.165, 1.54) is 6.92 Å². The molecule has 118 valence electrons. The van der Waals surface area contributed by atoms with Gasteiger partial charge in [0.2, 0.25) is 15.9 Å². The Balaban J connectivity index is 4.99. The maximum Gasteiger partial charge on any atom is 0.328 e. The smallest absolute Gasteiger partial charge is 0.328 e. The fraction of sp³-hybridized carbons (Fsp3) is 0.818. The first-order chi connectivity index (χ1) is 8.94. The summed E-state index contributed by atoms with van der Waals surface area (Å²) in [6, 6.07) is -2.57. The van der Waals surface area contributed by atoms with Crippen molar-refractivity contribution in [3.63, 3.8) is 0 Å². The third-order valence-corrected chi connectivity index (χ3v) is 3.14. The SMILES string of the molecule is CC(C)CC(NS(C)(=O)=O)C(=O)NC(C(=O)O)C(C)O. The largest absolute Gasteiger partial charge is 0.480 e. The zero-order valence-corrected chi connectivity index (χ0v) is 12.8. The van der Waals surface area contributed by atoms with Gasteiger partial charge in [0.1, 0.15) is 6.04 Å². The first-order valence-corrected chi connectivity index (χ1v) is 8.01. The van der Waals surface area contributed by atoms with E-state index < -0.39 is 40.1 Å². The summed E-state index contributed by atoms with van der Waals surface area (Å²) in [7, 11) is -3.61. The van der Waals surface area contributed by atoms with E-state index in [1.54, 1.807) is 13.8 Å². The summed E-state index contributed by atoms with van der Waals surface area (Å²) in [6.07, 6.45) is -0.170. The molecule has 8 nitrogen and oxygen atoms in total. The van der Waals surface area contributed by atoms with Crippen molar-refractivity contribution in [2.75, 3.05) is 6.26 Å². The van der Waals surface area contributed by atoms with Crippen LogP contribution in [-0.2, 0) is 19.6 Å². The zero-order chi connectivity index (χ0) is 16.1. The molecule has 0 fully saturated rings. The van der Waals surface area contributed by atoms with Gasteiger partial charge in [0, 0.05) is 0 Å². The van der Waals surface area contributed by atoms with Crippen LogP contribution in [0.5, 0.6) is 0 Å². The van der Waals surface area contributed by atoms with Crippen molar-refractivity contribution in [1.82, 2.24) is 10.0 Å². The lowest BCUT2D eigenvalue weighted by molar-refractivity contribution is -0.145. The van der Waals surface area contributed by atoms with Gasteiger partial charge >= 0.3 is 5.97 Å². The van der Waals surface area contributed by atoms with E-state index in [1.807, 2.05) is 0 Å². The minimum atomic E-state index is -3.61. The number of aliphatic hydroxyl groups excluding tert-OH is 1. The first-order valence-electron chi connectivity index (χ1n) is 6.12. The number of sulfonamides is 1. The third kappa shape index (κ3) is 7.41. The molecular weight excluding hydrogens is 288 g/mol. The molecule has 0 bridgehead atoms. The van der Waals surface area contributed by atoms with Crippen molar-refractivity contribution in [2.24, 2.45) is 5.92 Å². The zero-order valence-electron chi connectivity index (χ0n) is 12.0. The molecule has 0 rings (SSSR count). The lowest BCUT2D eigenvalue weighted by atomic mass is 10.0. The van der Waals surface area contributed by atoms with Crippen LogP contribution in [0.4, 0.5) is 0 Å². The Morgan fingerprint density at radius 2 is 1.70 bits per heavy atom. The Labute approximate surface area is 118 Å². The average Bonchev–Trinajstić information content (AvgIpc) is 2.20. The molecule has 3 atom stereocenters. The molecule has 4 N–H and O–H groups in total. The Kier molecular flexibility index (Phi) is 7.11. The second-order valence-electron chi connectivity index (χ2n) is 5.14. The summed E-state index contributed by atoms with van der Waals surface area (Å²) >= 11 is 0. The van der Waals surface area contributed by atoms with Crippen molar-refractivity contribution in [1.29, 1.82) is 0 Å². The highest BCUT2D eigenvalue weighted by molar-refractivity contribution is 7.88. The lowest BCUT2D eigenvalue weighted by Crippen LogP contribution is -2.54. The molecule has 1 amide bonds. The van der Waals surface area contributed by atoms with Gasteiger partial charge in [-0.05, 0) is 19.3 Å². The normalized spacial score (nSPS) is 16.5. The van der Waals surface area contributed by atoms with Crippen LogP contribution in [0.25, 0.3) is 0 Å². The number of aliphatic hydroxyl groups is 1. The Bertz CT molecular complexity index is 446. The van der Waals surface area contributed by atoms with E-state index in [0.717, 1.165) is 6.26 Å². The average molecular weight is 310 g/mol. The van der Waals surface area contributed by atoms with Crippen LogP contribution in [0.1, 0.15) is 27.2 Å². The molecule has 0 radical (unpaired) electrons. The summed E-state index contributed by atoms with van der Waals surface area (Å²) in [4.78, 5) is 22.9. The molecular formula is C11H22N2O6S. The molecule has 0 aromatic heterocycles. The fourth-order valence-electron chi connectivity index (χ4n) is 1.58. The molecule has 0 aliphatic rings. The highest BCUT2D eigenvalue weighted by Gasteiger charge is 2.30. The van der Waals surface area contributed by atoms with Gasteiger partial charge < -0.3 is 15.5 Å². The number of rotatable bonds is 8. The predicted molar refractivity (Wildman–Crippen MR) is 72.5 cm³/mol. The number of nitrogens with one attached hydrogen (secondary N) is 2. The van der Waals surface area contributed by atoms with E-state index in [-0.39, 0.29) is 12.3 Å². The maximum atomic E-state index is 12.0. The summed E-state index contributed by atoms with van der Waals surface area (Å²) in [5.41, 5.74) is 0. The fourth-order valence-corrected chi connectivity index (χ4v) is 2.30. The van der Waals surface area contributed by atoms with Crippen molar-refractivity contribution in [2.45, 2.75) is 45.4 Å². The molecule has 0 saturated heterocycles. The third-order valence-electron chi connectivity index (χ3n) is 2.43. The van der Waals surface area contributed by atoms with Crippen LogP contribution < -0.4 is 10.0 Å². The Morgan fingerprint density at radius 3 is 2.00 bits per heavy atom. The number of amides is 1. The molecule has 20 heavy (non-hydrogen) atoms. The molecule has 9 heteroatoms. The van der Waals surface area contributed by atoms with E-state index in [9.17, 15) is 23.1 Å². The second-order valence-corrected chi connectivity index (χ2v) is 6.92. The molecule has 0 aliphatic heterocycles. The molecule has 0 spiro atoms. The number of aliphatic carboxylic acids is 1. The van der Waals surface area contributed by atoms with Gasteiger partial charge in [-0.25, -0.2) is 17.9 Å². The van der Waals surface area contributed by atoms with E-state index in [2.05, 4.69) is 10.0 Å². The van der Waals surface area contributed by atoms with E-state index in [0.29, 0.717) is 0 Å². The number of carbonyl (C=O) groups excluding carboxylic acids is 1. The van der Waals surface area contributed by atoms with E-state index >= 15 is 0 Å². The number of carboxylic acids is 1. The number of carbonyl (C=O) groups is 2. The van der Waals surface area contributed by atoms with Crippen LogP contribution in [0.2, 0.25) is 0 Å². The van der Waals surface area contributed by atoms with Crippen molar-refractivity contribution in [3.05, 3.63) is 0 Å². The van der Waals surface area contributed by atoms with Crippen molar-refractivity contribution in [3.8, 4) is 0 Å². The summed E-state index contributed by atoms with van der Waals surface area (Å²) in [6.45, 7) is 4.82. The van der Waals surface area contributed by atoms with Gasteiger partial charge in [-0.3, -0.25) is 4.79 Å². The van der Waals surface area contributed by atoms with Crippen LogP contribution in [-0.4, -0.2) is 55.0 Å². The molecule has 0 saturated carbocycles. The van der Waals surface area contributed by atoms with Gasteiger partial charge in [0.05, 0.1) is 12.4 Å². The highest BCUT2D eigenvalue weighted by atomic mass is 32.2. The predicted octanol–water partition coefficient (Wildman–Crippen LogP) is -1.10. The number of hydrogen-bond donors (Lipinski definition) is 4.